The van der Waals surface area contributed by atoms with Gasteiger partial charge in [-0.3, -0.25) is 4.79 Å². The fourth-order valence-electron chi connectivity index (χ4n) is 1.44. The second-order valence-electron chi connectivity index (χ2n) is 3.09. The highest BCUT2D eigenvalue weighted by molar-refractivity contribution is 6.08. The van der Waals surface area contributed by atoms with Gasteiger partial charge in [0.25, 0.3) is 0 Å². The number of para-hydroxylation sites is 1. The molecule has 0 fully saturated rings. The molecule has 2 aromatic rings. The Bertz CT molecular complexity index is 514. The first-order chi connectivity index (χ1) is 7.33. The largest absolute Gasteiger partial charge is 0.464 e. The van der Waals surface area contributed by atoms with Gasteiger partial charge in [-0.1, -0.05) is 18.2 Å². The average molecular weight is 202 g/mol. The van der Waals surface area contributed by atoms with E-state index in [4.69, 9.17) is 4.42 Å². The lowest BCUT2D eigenvalue weighted by atomic mass is 10.1. The minimum absolute atomic E-state index is 0.534. The van der Waals surface area contributed by atoms with Crippen molar-refractivity contribution in [2.75, 3.05) is 0 Å². The minimum atomic E-state index is 0.534. The molecule has 1 aromatic carbocycles. The Morgan fingerprint density at radius 2 is 2.27 bits per heavy atom. The lowest BCUT2D eigenvalue weighted by Gasteiger charge is -1.95. The van der Waals surface area contributed by atoms with Gasteiger partial charge in [0.2, 0.25) is 6.41 Å². The Labute approximate surface area is 86.6 Å². The van der Waals surface area contributed by atoms with Crippen LogP contribution in [0.1, 0.15) is 12.5 Å². The van der Waals surface area contributed by atoms with Gasteiger partial charge in [0.05, 0.1) is 5.71 Å². The summed E-state index contributed by atoms with van der Waals surface area (Å²) in [5.74, 6) is 0. The third-order valence-electron chi connectivity index (χ3n) is 2.16. The molecule has 1 aromatic heterocycles. The zero-order valence-electron chi connectivity index (χ0n) is 8.23. The van der Waals surface area contributed by atoms with Crippen LogP contribution >= 0.6 is 0 Å². The molecule has 0 spiro atoms. The van der Waals surface area contributed by atoms with Gasteiger partial charge in [-0.25, -0.2) is 5.43 Å². The summed E-state index contributed by atoms with van der Waals surface area (Å²) >= 11 is 0. The molecule has 0 aliphatic heterocycles. The Hall–Kier alpha value is -2.10. The normalized spacial score (nSPS) is 11.7. The number of hydrazone groups is 1. The van der Waals surface area contributed by atoms with Gasteiger partial charge in [-0.15, -0.1) is 0 Å². The predicted molar refractivity (Wildman–Crippen MR) is 57.6 cm³/mol. The number of nitrogens with zero attached hydrogens (tertiary/aromatic N) is 1. The lowest BCUT2D eigenvalue weighted by molar-refractivity contribution is -0.109. The Kier molecular flexibility index (Phi) is 2.49. The fraction of sp³-hybridized carbons (Fsp3) is 0.0909. The molecule has 1 amide bonds. The number of hydrogen-bond donors (Lipinski definition) is 1. The fourth-order valence-corrected chi connectivity index (χ4v) is 1.44. The van der Waals surface area contributed by atoms with Gasteiger partial charge in [0.15, 0.2) is 0 Å². The monoisotopic (exact) mass is 202 g/mol. The number of carbonyl (C=O) groups is 1. The molecule has 0 saturated carbocycles. The van der Waals surface area contributed by atoms with Crippen molar-refractivity contribution in [1.29, 1.82) is 0 Å². The summed E-state index contributed by atoms with van der Waals surface area (Å²) in [6, 6.07) is 7.68. The van der Waals surface area contributed by atoms with E-state index >= 15 is 0 Å². The first-order valence-electron chi connectivity index (χ1n) is 4.53. The summed E-state index contributed by atoms with van der Waals surface area (Å²) in [5, 5.41) is 4.87. The minimum Gasteiger partial charge on any atom is -0.464 e. The van der Waals surface area contributed by atoms with Gasteiger partial charge < -0.3 is 4.42 Å². The van der Waals surface area contributed by atoms with Crippen LogP contribution in [0.5, 0.6) is 0 Å². The number of rotatable bonds is 3. The topological polar surface area (TPSA) is 54.6 Å². The number of fused-ring (bicyclic) bond motifs is 1. The maximum atomic E-state index is 10.1. The number of amides is 1. The van der Waals surface area contributed by atoms with E-state index in [1.807, 2.05) is 31.2 Å². The van der Waals surface area contributed by atoms with E-state index in [0.29, 0.717) is 12.1 Å². The van der Waals surface area contributed by atoms with Gasteiger partial charge in [-0.05, 0) is 13.0 Å². The van der Waals surface area contributed by atoms with Crippen molar-refractivity contribution in [3.63, 3.8) is 0 Å². The molecule has 0 saturated heterocycles. The van der Waals surface area contributed by atoms with Crippen LogP contribution in [0.15, 0.2) is 40.0 Å². The molecule has 0 aliphatic carbocycles. The van der Waals surface area contributed by atoms with Crippen LogP contribution in [0.25, 0.3) is 11.0 Å². The van der Waals surface area contributed by atoms with Crippen LogP contribution in [-0.4, -0.2) is 12.1 Å². The molecule has 4 heteroatoms. The highest BCUT2D eigenvalue weighted by atomic mass is 16.3. The summed E-state index contributed by atoms with van der Waals surface area (Å²) in [6.07, 6.45) is 2.17. The van der Waals surface area contributed by atoms with Crippen molar-refractivity contribution in [2.45, 2.75) is 6.92 Å². The maximum absolute atomic E-state index is 10.1. The Morgan fingerprint density at radius 1 is 1.47 bits per heavy atom. The van der Waals surface area contributed by atoms with E-state index in [2.05, 4.69) is 10.5 Å². The van der Waals surface area contributed by atoms with Crippen molar-refractivity contribution in [1.82, 2.24) is 5.43 Å². The number of nitrogens with one attached hydrogen (secondary N) is 1. The third kappa shape index (κ3) is 1.74. The van der Waals surface area contributed by atoms with Crippen LogP contribution in [-0.2, 0) is 4.79 Å². The zero-order valence-corrected chi connectivity index (χ0v) is 8.23. The van der Waals surface area contributed by atoms with E-state index in [-0.39, 0.29) is 0 Å². The third-order valence-corrected chi connectivity index (χ3v) is 2.16. The first kappa shape index (κ1) is 9.45. The summed E-state index contributed by atoms with van der Waals surface area (Å²) < 4.78 is 5.35. The average Bonchev–Trinajstić information content (AvgIpc) is 2.69. The molecule has 15 heavy (non-hydrogen) atoms. The Morgan fingerprint density at radius 3 is 3.07 bits per heavy atom. The zero-order chi connectivity index (χ0) is 10.7. The van der Waals surface area contributed by atoms with E-state index in [1.165, 1.54) is 0 Å². The maximum Gasteiger partial charge on any atom is 0.227 e. The molecule has 0 unspecified atom stereocenters. The first-order valence-corrected chi connectivity index (χ1v) is 4.53. The second kappa shape index (κ2) is 3.96. The molecular weight excluding hydrogens is 192 g/mol. The van der Waals surface area contributed by atoms with Crippen LogP contribution in [0, 0.1) is 0 Å². The summed E-state index contributed by atoms with van der Waals surface area (Å²) in [7, 11) is 0. The van der Waals surface area contributed by atoms with Gasteiger partial charge in [0.1, 0.15) is 11.8 Å². The highest BCUT2D eigenvalue weighted by Gasteiger charge is 2.07. The second-order valence-corrected chi connectivity index (χ2v) is 3.09. The van der Waals surface area contributed by atoms with Crippen molar-refractivity contribution in [3.05, 3.63) is 36.1 Å². The van der Waals surface area contributed by atoms with Gasteiger partial charge >= 0.3 is 0 Å². The smallest absolute Gasteiger partial charge is 0.227 e. The van der Waals surface area contributed by atoms with Crippen molar-refractivity contribution in [3.8, 4) is 0 Å². The number of carbonyl (C=O) groups excluding carboxylic acids is 1. The molecule has 0 bridgehead atoms. The summed E-state index contributed by atoms with van der Waals surface area (Å²) in [5.41, 5.74) is 4.68. The molecule has 1 heterocycles. The molecule has 0 aliphatic rings. The molecule has 0 atom stereocenters. The van der Waals surface area contributed by atoms with E-state index in [1.54, 1.807) is 6.26 Å². The van der Waals surface area contributed by atoms with E-state index in [9.17, 15) is 4.79 Å². The molecule has 4 nitrogen and oxygen atoms in total. The van der Waals surface area contributed by atoms with Crippen LogP contribution < -0.4 is 5.43 Å². The van der Waals surface area contributed by atoms with Gasteiger partial charge in [-0.2, -0.15) is 5.10 Å². The quantitative estimate of drug-likeness (QED) is 0.469. The van der Waals surface area contributed by atoms with Crippen molar-refractivity contribution >= 4 is 23.1 Å². The van der Waals surface area contributed by atoms with Crippen molar-refractivity contribution < 1.29 is 9.21 Å². The SMILES string of the molecule is CC(=NNC=O)c1coc2ccccc12. The van der Waals surface area contributed by atoms with E-state index in [0.717, 1.165) is 16.5 Å². The molecule has 0 radical (unpaired) electrons. The number of benzene rings is 1. The number of hydrogen-bond acceptors (Lipinski definition) is 3. The summed E-state index contributed by atoms with van der Waals surface area (Å²) in [4.78, 5) is 10.1. The highest BCUT2D eigenvalue weighted by Crippen LogP contribution is 2.20. The van der Waals surface area contributed by atoms with E-state index < -0.39 is 0 Å². The van der Waals surface area contributed by atoms with Gasteiger partial charge in [0, 0.05) is 10.9 Å². The molecular formula is C11H10N2O2. The van der Waals surface area contributed by atoms with Crippen LogP contribution in [0.2, 0.25) is 0 Å². The number of furan rings is 1. The Balaban J connectivity index is 2.48. The van der Waals surface area contributed by atoms with Crippen LogP contribution in [0.4, 0.5) is 0 Å². The lowest BCUT2D eigenvalue weighted by Crippen LogP contribution is -2.05. The molecule has 76 valence electrons. The molecule has 1 N–H and O–H groups in total. The van der Waals surface area contributed by atoms with Crippen molar-refractivity contribution in [2.24, 2.45) is 5.10 Å². The van der Waals surface area contributed by atoms with Crippen LogP contribution in [0.3, 0.4) is 0 Å². The predicted octanol–water partition coefficient (Wildman–Crippen LogP) is 1.90. The molecule has 2 rings (SSSR count). The standard InChI is InChI=1S/C11H10N2O2/c1-8(13-12-7-14)10-6-15-11-5-3-2-4-9(10)11/h2-7H,1H3,(H,12,14). The summed E-state index contributed by atoms with van der Waals surface area (Å²) in [6.45, 7) is 1.81.